The summed E-state index contributed by atoms with van der Waals surface area (Å²) in [5.74, 6) is 0.960. The van der Waals surface area contributed by atoms with Crippen LogP contribution in [0.15, 0.2) is 18.2 Å². The molecule has 0 bridgehead atoms. The molecule has 87 valence electrons. The molecule has 1 atom stereocenters. The van der Waals surface area contributed by atoms with Crippen molar-refractivity contribution < 1.29 is 4.74 Å². The van der Waals surface area contributed by atoms with Crippen LogP contribution in [0.5, 0.6) is 5.75 Å². The Labute approximate surface area is 103 Å². The van der Waals surface area contributed by atoms with E-state index in [0.29, 0.717) is 6.10 Å². The van der Waals surface area contributed by atoms with Crippen molar-refractivity contribution in [3.8, 4) is 5.75 Å². The molecule has 1 radical (unpaired) electrons. The first kappa shape index (κ1) is 11.8. The molecule has 1 aliphatic carbocycles. The molecule has 0 spiro atoms. The number of rotatable bonds is 3. The third-order valence-corrected chi connectivity index (χ3v) is 3.43. The van der Waals surface area contributed by atoms with E-state index in [4.69, 9.17) is 16.3 Å². The van der Waals surface area contributed by atoms with E-state index in [1.54, 1.807) is 0 Å². The van der Waals surface area contributed by atoms with E-state index in [1.165, 1.54) is 24.8 Å². The summed E-state index contributed by atoms with van der Waals surface area (Å²) in [5.41, 5.74) is 1.17. The van der Waals surface area contributed by atoms with Gasteiger partial charge in [0.1, 0.15) is 5.75 Å². The Morgan fingerprint density at radius 2 is 2.31 bits per heavy atom. The molecule has 1 fully saturated rings. The van der Waals surface area contributed by atoms with Gasteiger partial charge in [-0.1, -0.05) is 18.5 Å². The molecule has 0 amide bonds. The Balaban J connectivity index is 2.03. The minimum absolute atomic E-state index is 0.361. The number of hydrogen-bond acceptors (Lipinski definition) is 1. The largest absolute Gasteiger partial charge is 0.490 e. The summed E-state index contributed by atoms with van der Waals surface area (Å²) in [7, 11) is 0. The average Bonchev–Trinajstić information content (AvgIpc) is 2.33. The second-order valence-corrected chi connectivity index (χ2v) is 4.71. The van der Waals surface area contributed by atoms with Crippen LogP contribution in [0.4, 0.5) is 0 Å². The number of aryl methyl sites for hydroxylation is 1. The fourth-order valence-electron chi connectivity index (χ4n) is 2.11. The zero-order chi connectivity index (χ0) is 11.4. The molecule has 1 aromatic carbocycles. The molecule has 0 aliphatic heterocycles. The Morgan fingerprint density at radius 1 is 1.44 bits per heavy atom. The lowest BCUT2D eigenvalue weighted by Crippen LogP contribution is -2.19. The lowest BCUT2D eigenvalue weighted by atomic mass is 9.98. The molecule has 2 heteroatoms. The van der Waals surface area contributed by atoms with Crippen LogP contribution in [0, 0.1) is 6.42 Å². The maximum atomic E-state index is 6.08. The van der Waals surface area contributed by atoms with Crippen molar-refractivity contribution in [2.45, 2.75) is 45.1 Å². The van der Waals surface area contributed by atoms with Crippen molar-refractivity contribution >= 4 is 11.6 Å². The van der Waals surface area contributed by atoms with Crippen LogP contribution >= 0.6 is 11.6 Å². The summed E-state index contributed by atoms with van der Waals surface area (Å²) in [4.78, 5) is 0. The molecule has 1 unspecified atom stereocenters. The molecule has 1 nitrogen and oxygen atoms in total. The molecule has 0 N–H and O–H groups in total. The van der Waals surface area contributed by atoms with E-state index in [-0.39, 0.29) is 0 Å². The summed E-state index contributed by atoms with van der Waals surface area (Å²) in [6.07, 6.45) is 8.36. The molecule has 0 aromatic heterocycles. The van der Waals surface area contributed by atoms with Crippen LogP contribution in [0.3, 0.4) is 0 Å². The molecule has 2 rings (SSSR count). The molecule has 1 saturated carbocycles. The summed E-state index contributed by atoms with van der Waals surface area (Å²) in [6.45, 7) is 2.11. The molecular weight excluding hydrogens is 220 g/mol. The Morgan fingerprint density at radius 3 is 3.00 bits per heavy atom. The molecular formula is C14H18ClO. The quantitative estimate of drug-likeness (QED) is 0.756. The number of ether oxygens (including phenoxy) is 1. The summed E-state index contributed by atoms with van der Waals surface area (Å²) in [6, 6.07) is 5.97. The first-order valence-electron chi connectivity index (χ1n) is 6.06. The molecule has 0 saturated heterocycles. The number of halogens is 1. The van der Waals surface area contributed by atoms with Gasteiger partial charge in [-0.05, 0) is 62.3 Å². The van der Waals surface area contributed by atoms with E-state index in [9.17, 15) is 0 Å². The van der Waals surface area contributed by atoms with Gasteiger partial charge in [0.25, 0.3) is 0 Å². The SMILES string of the molecule is CCc1cc(OC2C[CH]CCC2)ccc1Cl. The van der Waals surface area contributed by atoms with Crippen molar-refractivity contribution in [1.82, 2.24) is 0 Å². The summed E-state index contributed by atoms with van der Waals surface area (Å²) < 4.78 is 5.96. The predicted molar refractivity (Wildman–Crippen MR) is 68.0 cm³/mol. The summed E-state index contributed by atoms with van der Waals surface area (Å²) >= 11 is 6.08. The highest BCUT2D eigenvalue weighted by Crippen LogP contribution is 2.26. The minimum Gasteiger partial charge on any atom is -0.490 e. The van der Waals surface area contributed by atoms with E-state index < -0.39 is 0 Å². The smallest absolute Gasteiger partial charge is 0.120 e. The summed E-state index contributed by atoms with van der Waals surface area (Å²) in [5, 5.41) is 0.838. The topological polar surface area (TPSA) is 9.23 Å². The monoisotopic (exact) mass is 237 g/mol. The lowest BCUT2D eigenvalue weighted by Gasteiger charge is -2.23. The fraction of sp³-hybridized carbons (Fsp3) is 0.500. The zero-order valence-corrected chi connectivity index (χ0v) is 10.5. The Hall–Kier alpha value is -0.690. The van der Waals surface area contributed by atoms with Crippen LogP contribution in [0.1, 0.15) is 38.2 Å². The van der Waals surface area contributed by atoms with E-state index in [2.05, 4.69) is 19.4 Å². The highest BCUT2D eigenvalue weighted by Gasteiger charge is 2.15. The van der Waals surface area contributed by atoms with Crippen LogP contribution in [-0.4, -0.2) is 6.10 Å². The minimum atomic E-state index is 0.361. The van der Waals surface area contributed by atoms with Crippen molar-refractivity contribution in [1.29, 1.82) is 0 Å². The van der Waals surface area contributed by atoms with Gasteiger partial charge < -0.3 is 4.74 Å². The fourth-order valence-corrected chi connectivity index (χ4v) is 2.36. The predicted octanol–water partition coefficient (Wildman–Crippen LogP) is 4.43. The van der Waals surface area contributed by atoms with Crippen molar-refractivity contribution in [3.63, 3.8) is 0 Å². The van der Waals surface area contributed by atoms with Gasteiger partial charge in [0.2, 0.25) is 0 Å². The number of hydrogen-bond donors (Lipinski definition) is 0. The molecule has 1 aromatic rings. The standard InChI is InChI=1S/C14H18ClO/c1-2-11-10-13(8-9-14(11)15)16-12-6-4-3-5-7-12/h4,8-10,12H,2-3,5-7H2,1H3. The van der Waals surface area contributed by atoms with Crippen molar-refractivity contribution in [2.75, 3.05) is 0 Å². The van der Waals surface area contributed by atoms with Gasteiger partial charge in [0.15, 0.2) is 0 Å². The van der Waals surface area contributed by atoms with E-state index >= 15 is 0 Å². The van der Waals surface area contributed by atoms with Crippen LogP contribution < -0.4 is 4.74 Å². The second-order valence-electron chi connectivity index (χ2n) is 4.30. The lowest BCUT2D eigenvalue weighted by molar-refractivity contribution is 0.173. The highest BCUT2D eigenvalue weighted by molar-refractivity contribution is 6.31. The first-order valence-corrected chi connectivity index (χ1v) is 6.44. The van der Waals surface area contributed by atoms with Gasteiger partial charge in [-0.25, -0.2) is 0 Å². The first-order chi connectivity index (χ1) is 7.79. The van der Waals surface area contributed by atoms with Gasteiger partial charge in [-0.3, -0.25) is 0 Å². The average molecular weight is 238 g/mol. The van der Waals surface area contributed by atoms with Crippen molar-refractivity contribution in [2.24, 2.45) is 0 Å². The highest BCUT2D eigenvalue weighted by atomic mass is 35.5. The van der Waals surface area contributed by atoms with E-state index in [0.717, 1.165) is 23.6 Å². The van der Waals surface area contributed by atoms with Gasteiger partial charge in [-0.2, -0.15) is 0 Å². The normalized spacial score (nSPS) is 17.4. The molecule has 16 heavy (non-hydrogen) atoms. The van der Waals surface area contributed by atoms with Crippen LogP contribution in [-0.2, 0) is 6.42 Å². The van der Waals surface area contributed by atoms with Gasteiger partial charge >= 0.3 is 0 Å². The van der Waals surface area contributed by atoms with E-state index in [1.807, 2.05) is 12.1 Å². The Kier molecular flexibility index (Phi) is 4.11. The van der Waals surface area contributed by atoms with Gasteiger partial charge in [0, 0.05) is 5.02 Å². The maximum Gasteiger partial charge on any atom is 0.120 e. The van der Waals surface area contributed by atoms with Crippen LogP contribution in [0.2, 0.25) is 5.02 Å². The molecule has 0 heterocycles. The van der Waals surface area contributed by atoms with Crippen molar-refractivity contribution in [3.05, 3.63) is 35.2 Å². The maximum absolute atomic E-state index is 6.08. The zero-order valence-electron chi connectivity index (χ0n) is 9.71. The third kappa shape index (κ3) is 2.91. The Bertz CT molecular complexity index is 343. The molecule has 1 aliphatic rings. The third-order valence-electron chi connectivity index (χ3n) is 3.06. The van der Waals surface area contributed by atoms with Crippen LogP contribution in [0.25, 0.3) is 0 Å². The number of benzene rings is 1. The van der Waals surface area contributed by atoms with Gasteiger partial charge in [0.05, 0.1) is 6.10 Å². The second kappa shape index (κ2) is 5.58. The van der Waals surface area contributed by atoms with Gasteiger partial charge in [-0.15, -0.1) is 0 Å².